The molecule has 0 spiro atoms. The Kier molecular flexibility index (Phi) is 4.80. The first-order valence-corrected chi connectivity index (χ1v) is 7.47. The number of fused-ring (bicyclic) bond motifs is 1. The molecule has 22 heavy (non-hydrogen) atoms. The Morgan fingerprint density at radius 3 is 2.50 bits per heavy atom. The molecule has 0 saturated heterocycles. The van der Waals surface area contributed by atoms with Crippen molar-refractivity contribution in [2.75, 3.05) is 6.54 Å². The normalized spacial score (nSPS) is 14.0. The highest BCUT2D eigenvalue weighted by Crippen LogP contribution is 2.35. The lowest BCUT2D eigenvalue weighted by atomic mass is 9.94. The maximum absolute atomic E-state index is 13.1. The predicted octanol–water partition coefficient (Wildman–Crippen LogP) is 4.05. The summed E-state index contributed by atoms with van der Waals surface area (Å²) < 4.78 is 39.4. The van der Waals surface area contributed by atoms with Crippen LogP contribution in [0.3, 0.4) is 0 Å². The lowest BCUT2D eigenvalue weighted by molar-refractivity contribution is -0.136. The Morgan fingerprint density at radius 2 is 1.95 bits per heavy atom. The van der Waals surface area contributed by atoms with E-state index in [0.29, 0.717) is 35.8 Å². The van der Waals surface area contributed by atoms with Crippen LogP contribution in [0.5, 0.6) is 0 Å². The van der Waals surface area contributed by atoms with Crippen molar-refractivity contribution in [1.82, 2.24) is 9.97 Å². The third-order valence-electron chi connectivity index (χ3n) is 3.71. The summed E-state index contributed by atoms with van der Waals surface area (Å²) in [7, 11) is 0. The summed E-state index contributed by atoms with van der Waals surface area (Å²) in [5.74, 6) is 1.28. The molecule has 1 aromatic heterocycles. The molecule has 3 N–H and O–H groups in total. The molecule has 2 rings (SSSR count). The summed E-state index contributed by atoms with van der Waals surface area (Å²) in [5, 5.41) is 0. The zero-order valence-corrected chi connectivity index (χ0v) is 13.1. The van der Waals surface area contributed by atoms with E-state index in [9.17, 15) is 13.2 Å². The zero-order valence-electron chi connectivity index (χ0n) is 13.1. The molecule has 1 heterocycles. The Bertz CT molecular complexity index is 644. The fraction of sp³-hybridized carbons (Fsp3) is 0.562. The molecule has 0 amide bonds. The van der Waals surface area contributed by atoms with Crippen molar-refractivity contribution in [2.45, 2.75) is 39.8 Å². The number of benzene rings is 1. The molecule has 1 aromatic carbocycles. The van der Waals surface area contributed by atoms with Crippen LogP contribution in [-0.4, -0.2) is 16.5 Å². The lowest BCUT2D eigenvalue weighted by Crippen LogP contribution is -2.19. The van der Waals surface area contributed by atoms with Gasteiger partial charge >= 0.3 is 6.18 Å². The van der Waals surface area contributed by atoms with E-state index >= 15 is 0 Å². The van der Waals surface area contributed by atoms with Crippen LogP contribution in [-0.2, 0) is 12.6 Å². The van der Waals surface area contributed by atoms with Gasteiger partial charge in [-0.05, 0) is 49.4 Å². The first kappa shape index (κ1) is 16.8. The molecule has 0 fully saturated rings. The maximum atomic E-state index is 13.1. The number of hydrogen-bond acceptors (Lipinski definition) is 2. The van der Waals surface area contributed by atoms with E-state index in [1.807, 2.05) is 0 Å². The van der Waals surface area contributed by atoms with E-state index in [2.05, 4.69) is 23.8 Å². The number of nitrogens with zero attached hydrogens (tertiary/aromatic N) is 1. The van der Waals surface area contributed by atoms with Gasteiger partial charge in [0.25, 0.3) is 0 Å². The van der Waals surface area contributed by atoms with Gasteiger partial charge < -0.3 is 10.7 Å². The van der Waals surface area contributed by atoms with Crippen molar-refractivity contribution >= 4 is 11.0 Å². The second-order valence-electron chi connectivity index (χ2n) is 6.33. The highest BCUT2D eigenvalue weighted by atomic mass is 19.4. The van der Waals surface area contributed by atoms with Crippen LogP contribution in [0.2, 0.25) is 0 Å². The van der Waals surface area contributed by atoms with E-state index in [4.69, 9.17) is 5.73 Å². The molecule has 6 heteroatoms. The molecule has 1 atom stereocenters. The maximum Gasteiger partial charge on any atom is 0.418 e. The molecule has 0 bridgehead atoms. The third-order valence-corrected chi connectivity index (χ3v) is 3.71. The minimum absolute atomic E-state index is 0.00609. The predicted molar refractivity (Wildman–Crippen MR) is 81.5 cm³/mol. The molecule has 0 saturated carbocycles. The first-order chi connectivity index (χ1) is 10.2. The second kappa shape index (κ2) is 6.28. The van der Waals surface area contributed by atoms with E-state index < -0.39 is 11.7 Å². The number of hydrogen-bond donors (Lipinski definition) is 2. The van der Waals surface area contributed by atoms with Crippen LogP contribution < -0.4 is 5.73 Å². The van der Waals surface area contributed by atoms with E-state index in [0.717, 1.165) is 12.5 Å². The monoisotopic (exact) mass is 313 g/mol. The van der Waals surface area contributed by atoms with Gasteiger partial charge in [-0.3, -0.25) is 0 Å². The standard InChI is InChI=1S/C16H22F3N3/c1-9(2)4-11(8-20)7-14-21-13-6-10(3)5-12(15(13)22-14)16(17,18)19/h5-6,9,11H,4,7-8,20H2,1-3H3,(H,21,22)/t11-/m0/s1. The summed E-state index contributed by atoms with van der Waals surface area (Å²) in [5.41, 5.74) is 6.07. The highest BCUT2D eigenvalue weighted by Gasteiger charge is 2.34. The van der Waals surface area contributed by atoms with Gasteiger partial charge in [0.05, 0.1) is 11.1 Å². The minimum Gasteiger partial charge on any atom is -0.342 e. The van der Waals surface area contributed by atoms with Gasteiger partial charge in [-0.1, -0.05) is 13.8 Å². The number of halogens is 3. The van der Waals surface area contributed by atoms with Crippen molar-refractivity contribution in [3.63, 3.8) is 0 Å². The molecule has 0 radical (unpaired) electrons. The number of nitrogens with one attached hydrogen (secondary N) is 1. The third kappa shape index (κ3) is 3.80. The molecule has 2 aromatic rings. The average molecular weight is 313 g/mol. The smallest absolute Gasteiger partial charge is 0.342 e. The molecule has 0 unspecified atom stereocenters. The van der Waals surface area contributed by atoms with E-state index in [-0.39, 0.29) is 11.4 Å². The number of nitrogens with two attached hydrogens (primary N) is 1. The van der Waals surface area contributed by atoms with Crippen LogP contribution >= 0.6 is 0 Å². The van der Waals surface area contributed by atoms with Crippen molar-refractivity contribution in [2.24, 2.45) is 17.6 Å². The first-order valence-electron chi connectivity index (χ1n) is 7.47. The van der Waals surface area contributed by atoms with Gasteiger partial charge in [-0.15, -0.1) is 0 Å². The molecule has 3 nitrogen and oxygen atoms in total. The van der Waals surface area contributed by atoms with Crippen molar-refractivity contribution in [3.05, 3.63) is 29.1 Å². The minimum atomic E-state index is -4.40. The molecule has 0 aliphatic heterocycles. The van der Waals surface area contributed by atoms with Gasteiger partial charge in [0, 0.05) is 6.42 Å². The van der Waals surface area contributed by atoms with Crippen LogP contribution in [0.4, 0.5) is 13.2 Å². The number of imidazole rings is 1. The number of H-pyrrole nitrogens is 1. The molecule has 0 aliphatic carbocycles. The molecular weight excluding hydrogens is 291 g/mol. The highest BCUT2D eigenvalue weighted by molar-refractivity contribution is 5.80. The van der Waals surface area contributed by atoms with Gasteiger partial charge in [0.1, 0.15) is 11.3 Å². The summed E-state index contributed by atoms with van der Waals surface area (Å²) in [6, 6.07) is 2.84. The van der Waals surface area contributed by atoms with Crippen LogP contribution in [0.15, 0.2) is 12.1 Å². The number of aryl methyl sites for hydroxylation is 1. The topological polar surface area (TPSA) is 54.7 Å². The van der Waals surface area contributed by atoms with Crippen LogP contribution in [0, 0.1) is 18.8 Å². The number of rotatable bonds is 5. The van der Waals surface area contributed by atoms with Gasteiger partial charge in [0.2, 0.25) is 0 Å². The summed E-state index contributed by atoms with van der Waals surface area (Å²) in [4.78, 5) is 7.20. The quantitative estimate of drug-likeness (QED) is 0.875. The molecule has 122 valence electrons. The number of aromatic amines is 1. The van der Waals surface area contributed by atoms with E-state index in [1.165, 1.54) is 0 Å². The van der Waals surface area contributed by atoms with Crippen molar-refractivity contribution in [3.8, 4) is 0 Å². The molecule has 0 aliphatic rings. The fourth-order valence-corrected chi connectivity index (χ4v) is 2.83. The SMILES string of the molecule is Cc1cc(C(F)(F)F)c2nc(C[C@@H](CN)CC(C)C)[nH]c2c1. The summed E-state index contributed by atoms with van der Waals surface area (Å²) >= 11 is 0. The number of alkyl halides is 3. The largest absolute Gasteiger partial charge is 0.418 e. The second-order valence-corrected chi connectivity index (χ2v) is 6.33. The van der Waals surface area contributed by atoms with Crippen molar-refractivity contribution in [1.29, 1.82) is 0 Å². The number of aromatic nitrogens is 2. The Morgan fingerprint density at radius 1 is 1.27 bits per heavy atom. The Hall–Kier alpha value is -1.56. The fourth-order valence-electron chi connectivity index (χ4n) is 2.83. The molecular formula is C16H22F3N3. The van der Waals surface area contributed by atoms with Gasteiger partial charge in [0.15, 0.2) is 0 Å². The van der Waals surface area contributed by atoms with Crippen molar-refractivity contribution < 1.29 is 13.2 Å². The van der Waals surface area contributed by atoms with Crippen LogP contribution in [0.25, 0.3) is 11.0 Å². The summed E-state index contributed by atoms with van der Waals surface area (Å²) in [6.07, 6.45) is -2.90. The summed E-state index contributed by atoms with van der Waals surface area (Å²) in [6.45, 7) is 6.36. The Balaban J connectivity index is 2.38. The van der Waals surface area contributed by atoms with Gasteiger partial charge in [-0.2, -0.15) is 13.2 Å². The lowest BCUT2D eigenvalue weighted by Gasteiger charge is -2.15. The van der Waals surface area contributed by atoms with Gasteiger partial charge in [-0.25, -0.2) is 4.98 Å². The van der Waals surface area contributed by atoms with Crippen LogP contribution in [0.1, 0.15) is 37.2 Å². The Labute approximate surface area is 128 Å². The average Bonchev–Trinajstić information content (AvgIpc) is 2.77. The zero-order chi connectivity index (χ0) is 16.5. The van der Waals surface area contributed by atoms with E-state index in [1.54, 1.807) is 13.0 Å².